The zero-order valence-corrected chi connectivity index (χ0v) is 10.9. The Labute approximate surface area is 107 Å². The summed E-state index contributed by atoms with van der Waals surface area (Å²) in [6.45, 7) is 3.04. The number of rotatable bonds is 4. The van der Waals surface area contributed by atoms with Gasteiger partial charge in [0.2, 0.25) is 0 Å². The van der Waals surface area contributed by atoms with Gasteiger partial charge in [-0.2, -0.15) is 5.26 Å². The largest absolute Gasteiger partial charge is 0.382 e. The lowest BCUT2D eigenvalue weighted by molar-refractivity contribution is 0.218. The first-order valence-electron chi connectivity index (χ1n) is 5.75. The fraction of sp³-hybridized carbons (Fsp3) is 0.385. The van der Waals surface area contributed by atoms with E-state index < -0.39 is 0 Å². The molecule has 0 aliphatic heterocycles. The normalized spacial score (nSPS) is 9.44. The maximum atomic E-state index is 11.3. The Balaban J connectivity index is 2.50. The Bertz CT molecular complexity index is 463. The van der Waals surface area contributed by atoms with Crippen LogP contribution in [0.5, 0.6) is 0 Å². The lowest BCUT2D eigenvalue weighted by Gasteiger charge is -2.14. The fourth-order valence-corrected chi connectivity index (χ4v) is 1.51. The number of anilines is 1. The highest BCUT2D eigenvalue weighted by Crippen LogP contribution is 2.18. The van der Waals surface area contributed by atoms with E-state index in [1.54, 1.807) is 20.2 Å². The van der Waals surface area contributed by atoms with Gasteiger partial charge in [0.15, 0.2) is 0 Å². The van der Waals surface area contributed by atoms with Crippen LogP contribution in [0.25, 0.3) is 0 Å². The van der Waals surface area contributed by atoms with E-state index in [1.807, 2.05) is 19.1 Å². The third kappa shape index (κ3) is 3.67. The van der Waals surface area contributed by atoms with E-state index >= 15 is 0 Å². The van der Waals surface area contributed by atoms with Gasteiger partial charge in [0.25, 0.3) is 0 Å². The molecule has 0 spiro atoms. The van der Waals surface area contributed by atoms with Gasteiger partial charge in [-0.25, -0.2) is 4.79 Å². The van der Waals surface area contributed by atoms with Crippen LogP contribution in [0.1, 0.15) is 11.1 Å². The summed E-state index contributed by atoms with van der Waals surface area (Å²) in [6, 6.07) is 7.59. The number of benzene rings is 1. The van der Waals surface area contributed by atoms with E-state index in [9.17, 15) is 4.79 Å². The summed E-state index contributed by atoms with van der Waals surface area (Å²) in [4.78, 5) is 12.8. The first-order chi connectivity index (χ1) is 8.56. The van der Waals surface area contributed by atoms with Crippen LogP contribution in [0.2, 0.25) is 0 Å². The van der Waals surface area contributed by atoms with Crippen molar-refractivity contribution in [3.8, 4) is 6.07 Å². The second-order valence-corrected chi connectivity index (χ2v) is 4.16. The molecule has 0 saturated carbocycles. The van der Waals surface area contributed by atoms with Gasteiger partial charge in [0, 0.05) is 27.2 Å². The molecule has 0 aromatic heterocycles. The van der Waals surface area contributed by atoms with Crippen LogP contribution in [0.3, 0.4) is 0 Å². The van der Waals surface area contributed by atoms with Crippen LogP contribution in [0.4, 0.5) is 10.5 Å². The van der Waals surface area contributed by atoms with Crippen molar-refractivity contribution in [2.75, 3.05) is 32.5 Å². The number of carbonyl (C=O) groups is 1. The number of nitriles is 1. The van der Waals surface area contributed by atoms with Crippen molar-refractivity contribution in [3.05, 3.63) is 29.3 Å². The van der Waals surface area contributed by atoms with Crippen molar-refractivity contribution < 1.29 is 4.79 Å². The first-order valence-corrected chi connectivity index (χ1v) is 5.75. The summed E-state index contributed by atoms with van der Waals surface area (Å²) in [5.74, 6) is 0. The molecule has 0 bridgehead atoms. The number of hydrogen-bond donors (Lipinski definition) is 2. The third-order valence-electron chi connectivity index (χ3n) is 2.50. The average Bonchev–Trinajstić information content (AvgIpc) is 2.35. The van der Waals surface area contributed by atoms with E-state index in [-0.39, 0.29) is 6.03 Å². The molecule has 5 nitrogen and oxygen atoms in total. The second-order valence-electron chi connectivity index (χ2n) is 4.16. The Hall–Kier alpha value is -2.22. The molecule has 0 aliphatic rings. The highest BCUT2D eigenvalue weighted by Gasteiger charge is 2.05. The van der Waals surface area contributed by atoms with Crippen LogP contribution in [0, 0.1) is 18.3 Å². The van der Waals surface area contributed by atoms with Crippen molar-refractivity contribution in [3.63, 3.8) is 0 Å². The molecule has 96 valence electrons. The molecule has 2 amide bonds. The molecule has 0 radical (unpaired) electrons. The number of aryl methyl sites for hydroxylation is 1. The zero-order chi connectivity index (χ0) is 13.5. The molecule has 0 atom stereocenters. The molecule has 0 heterocycles. The Morgan fingerprint density at radius 3 is 2.72 bits per heavy atom. The molecule has 0 fully saturated rings. The maximum absolute atomic E-state index is 11.3. The lowest BCUT2D eigenvalue weighted by Crippen LogP contribution is -2.37. The van der Waals surface area contributed by atoms with Gasteiger partial charge >= 0.3 is 6.03 Å². The van der Waals surface area contributed by atoms with Crippen LogP contribution < -0.4 is 10.6 Å². The van der Waals surface area contributed by atoms with Crippen molar-refractivity contribution >= 4 is 11.7 Å². The van der Waals surface area contributed by atoms with Gasteiger partial charge in [-0.15, -0.1) is 0 Å². The molecule has 0 saturated heterocycles. The van der Waals surface area contributed by atoms with Crippen LogP contribution in [0.15, 0.2) is 18.2 Å². The quantitative estimate of drug-likeness (QED) is 0.792. The smallest absolute Gasteiger partial charge is 0.316 e. The lowest BCUT2D eigenvalue weighted by atomic mass is 10.1. The minimum absolute atomic E-state index is 0.123. The summed E-state index contributed by atoms with van der Waals surface area (Å²) in [5, 5.41) is 14.9. The number of carbonyl (C=O) groups excluding carboxylic acids is 1. The van der Waals surface area contributed by atoms with Crippen LogP contribution >= 0.6 is 0 Å². The molecule has 0 unspecified atom stereocenters. The molecular weight excluding hydrogens is 228 g/mol. The molecule has 2 N–H and O–H groups in total. The van der Waals surface area contributed by atoms with Crippen molar-refractivity contribution in [1.82, 2.24) is 10.2 Å². The molecule has 0 aliphatic carbocycles. The average molecular weight is 246 g/mol. The number of nitrogens with one attached hydrogen (secondary N) is 2. The fourth-order valence-electron chi connectivity index (χ4n) is 1.51. The van der Waals surface area contributed by atoms with Crippen molar-refractivity contribution in [2.24, 2.45) is 0 Å². The van der Waals surface area contributed by atoms with Gasteiger partial charge in [0.1, 0.15) is 6.07 Å². The van der Waals surface area contributed by atoms with E-state index in [2.05, 4.69) is 16.7 Å². The summed E-state index contributed by atoms with van der Waals surface area (Å²) < 4.78 is 0. The number of urea groups is 1. The van der Waals surface area contributed by atoms with E-state index in [4.69, 9.17) is 5.26 Å². The number of nitrogens with zero attached hydrogens (tertiary/aromatic N) is 2. The first kappa shape index (κ1) is 13.8. The molecule has 18 heavy (non-hydrogen) atoms. The number of amides is 2. The van der Waals surface area contributed by atoms with E-state index in [1.165, 1.54) is 4.90 Å². The molecule has 1 rings (SSSR count). The molecule has 5 heteroatoms. The summed E-state index contributed by atoms with van der Waals surface area (Å²) in [7, 11) is 3.38. The van der Waals surface area contributed by atoms with Crippen molar-refractivity contribution in [2.45, 2.75) is 6.92 Å². The number of hydrogen-bond acceptors (Lipinski definition) is 3. The predicted octanol–water partition coefficient (Wildman–Crippen LogP) is 1.55. The van der Waals surface area contributed by atoms with Gasteiger partial charge in [0.05, 0.1) is 11.3 Å². The monoisotopic (exact) mass is 246 g/mol. The minimum Gasteiger partial charge on any atom is -0.382 e. The van der Waals surface area contributed by atoms with Gasteiger partial charge in [-0.3, -0.25) is 0 Å². The van der Waals surface area contributed by atoms with Crippen molar-refractivity contribution in [1.29, 1.82) is 5.26 Å². The second kappa shape index (κ2) is 6.50. The number of para-hydroxylation sites is 1. The summed E-state index contributed by atoms with van der Waals surface area (Å²) in [6.07, 6.45) is 0. The molecular formula is C13H18N4O. The van der Waals surface area contributed by atoms with Gasteiger partial charge in [-0.05, 0) is 18.6 Å². The maximum Gasteiger partial charge on any atom is 0.316 e. The van der Waals surface area contributed by atoms with Gasteiger partial charge in [-0.1, -0.05) is 12.1 Å². The molecule has 1 aromatic rings. The highest BCUT2D eigenvalue weighted by atomic mass is 16.2. The predicted molar refractivity (Wildman–Crippen MR) is 71.5 cm³/mol. The topological polar surface area (TPSA) is 68.2 Å². The van der Waals surface area contributed by atoms with Gasteiger partial charge < -0.3 is 15.5 Å². The Kier molecular flexibility index (Phi) is 5.00. The van der Waals surface area contributed by atoms with Crippen LogP contribution in [-0.2, 0) is 0 Å². The SMILES string of the molecule is Cc1cccc(C#N)c1NCCNC(=O)N(C)C. The summed E-state index contributed by atoms with van der Waals surface area (Å²) in [5.41, 5.74) is 2.47. The Morgan fingerprint density at radius 2 is 2.11 bits per heavy atom. The third-order valence-corrected chi connectivity index (χ3v) is 2.50. The zero-order valence-electron chi connectivity index (χ0n) is 10.9. The molecule has 1 aromatic carbocycles. The Morgan fingerprint density at radius 1 is 1.39 bits per heavy atom. The highest BCUT2D eigenvalue weighted by molar-refractivity contribution is 5.73. The standard InChI is InChI=1S/C13H18N4O/c1-10-5-4-6-11(9-14)12(10)15-7-8-16-13(18)17(2)3/h4-6,15H,7-8H2,1-3H3,(H,16,18). The van der Waals surface area contributed by atoms with Crippen LogP contribution in [-0.4, -0.2) is 38.1 Å². The van der Waals surface area contributed by atoms with E-state index in [0.717, 1.165) is 11.3 Å². The minimum atomic E-state index is -0.123. The van der Waals surface area contributed by atoms with E-state index in [0.29, 0.717) is 18.7 Å². The summed E-state index contributed by atoms with van der Waals surface area (Å²) >= 11 is 0.